The minimum absolute atomic E-state index is 0.215. The number of amides is 1. The van der Waals surface area contributed by atoms with E-state index in [4.69, 9.17) is 21.1 Å². The van der Waals surface area contributed by atoms with Crippen LogP contribution in [0.2, 0.25) is 0 Å². The minimum atomic E-state index is -0.662. The molecular formula is C14H24ClNO4. The standard InChI is InChI=1S/C14H24ClNO4/c1-13(2,3)20-12(18)16-8-6-7-14(4,5)10(16)11(17)19-9-15/h10H,6-9H2,1-5H3. The molecule has 0 spiro atoms. The molecule has 1 amide bonds. The summed E-state index contributed by atoms with van der Waals surface area (Å²) >= 11 is 5.46. The molecule has 0 aromatic heterocycles. The lowest BCUT2D eigenvalue weighted by Gasteiger charge is -2.44. The zero-order valence-electron chi connectivity index (χ0n) is 12.9. The van der Waals surface area contributed by atoms with E-state index in [1.165, 1.54) is 4.90 Å². The summed E-state index contributed by atoms with van der Waals surface area (Å²) in [5, 5.41) is 0. The zero-order valence-corrected chi connectivity index (χ0v) is 13.6. The third-order valence-corrected chi connectivity index (χ3v) is 3.43. The largest absolute Gasteiger partial charge is 0.448 e. The second-order valence-corrected chi connectivity index (χ2v) is 6.96. The molecule has 20 heavy (non-hydrogen) atoms. The lowest BCUT2D eigenvalue weighted by molar-refractivity contribution is -0.154. The van der Waals surface area contributed by atoms with Gasteiger partial charge in [0.25, 0.3) is 0 Å². The Hall–Kier alpha value is -0.970. The van der Waals surface area contributed by atoms with Gasteiger partial charge in [-0.3, -0.25) is 4.90 Å². The van der Waals surface area contributed by atoms with Gasteiger partial charge in [0.05, 0.1) is 0 Å². The molecule has 0 radical (unpaired) electrons. The highest BCUT2D eigenvalue weighted by Crippen LogP contribution is 2.36. The van der Waals surface area contributed by atoms with Crippen molar-refractivity contribution >= 4 is 23.7 Å². The SMILES string of the molecule is CC(C)(C)OC(=O)N1CCCC(C)(C)C1C(=O)OCCl. The van der Waals surface area contributed by atoms with E-state index in [2.05, 4.69) is 0 Å². The maximum absolute atomic E-state index is 12.3. The Balaban J connectivity index is 2.95. The van der Waals surface area contributed by atoms with E-state index in [9.17, 15) is 9.59 Å². The van der Waals surface area contributed by atoms with Gasteiger partial charge in [-0.1, -0.05) is 25.4 Å². The highest BCUT2D eigenvalue weighted by Gasteiger charge is 2.46. The van der Waals surface area contributed by atoms with Gasteiger partial charge < -0.3 is 9.47 Å². The average Bonchev–Trinajstić information content (AvgIpc) is 2.25. The van der Waals surface area contributed by atoms with Gasteiger partial charge >= 0.3 is 12.1 Å². The molecular weight excluding hydrogens is 282 g/mol. The molecule has 0 saturated carbocycles. The Morgan fingerprint density at radius 3 is 2.45 bits per heavy atom. The van der Waals surface area contributed by atoms with Crippen molar-refractivity contribution in [3.8, 4) is 0 Å². The minimum Gasteiger partial charge on any atom is -0.448 e. The Morgan fingerprint density at radius 1 is 1.35 bits per heavy atom. The average molecular weight is 306 g/mol. The van der Waals surface area contributed by atoms with Crippen molar-refractivity contribution in [1.82, 2.24) is 4.90 Å². The van der Waals surface area contributed by atoms with Gasteiger partial charge in [0.1, 0.15) is 11.6 Å². The van der Waals surface area contributed by atoms with Crippen molar-refractivity contribution in [3.63, 3.8) is 0 Å². The molecule has 0 N–H and O–H groups in total. The lowest BCUT2D eigenvalue weighted by atomic mass is 9.76. The number of likely N-dealkylation sites (tertiary alicyclic amines) is 1. The first-order valence-corrected chi connectivity index (χ1v) is 7.34. The van der Waals surface area contributed by atoms with Gasteiger partial charge in [-0.2, -0.15) is 0 Å². The van der Waals surface area contributed by atoms with Gasteiger partial charge in [-0.15, -0.1) is 0 Å². The molecule has 1 aliphatic heterocycles. The molecule has 0 aliphatic carbocycles. The second kappa shape index (κ2) is 6.20. The third kappa shape index (κ3) is 4.27. The second-order valence-electron chi connectivity index (χ2n) is 6.74. The van der Waals surface area contributed by atoms with E-state index >= 15 is 0 Å². The molecule has 1 heterocycles. The number of nitrogens with zero attached hydrogens (tertiary/aromatic N) is 1. The maximum atomic E-state index is 12.3. The number of esters is 1. The van der Waals surface area contributed by atoms with Crippen LogP contribution in [-0.4, -0.2) is 41.2 Å². The first-order valence-electron chi connectivity index (χ1n) is 6.81. The van der Waals surface area contributed by atoms with E-state index in [0.717, 1.165) is 12.8 Å². The molecule has 1 aliphatic rings. The molecule has 1 unspecified atom stereocenters. The summed E-state index contributed by atoms with van der Waals surface area (Å²) in [7, 11) is 0. The van der Waals surface area contributed by atoms with Gasteiger partial charge in [0.2, 0.25) is 0 Å². The molecule has 5 nitrogen and oxygen atoms in total. The molecule has 1 fully saturated rings. The van der Waals surface area contributed by atoms with E-state index in [-0.39, 0.29) is 11.5 Å². The number of alkyl halides is 1. The van der Waals surface area contributed by atoms with E-state index in [1.54, 1.807) is 20.8 Å². The summed E-state index contributed by atoms with van der Waals surface area (Å²) in [6.07, 6.45) is 1.19. The molecule has 116 valence electrons. The first-order chi connectivity index (χ1) is 9.08. The van der Waals surface area contributed by atoms with Crippen molar-refractivity contribution in [2.75, 3.05) is 12.6 Å². The van der Waals surface area contributed by atoms with Crippen molar-refractivity contribution in [1.29, 1.82) is 0 Å². The van der Waals surface area contributed by atoms with Crippen LogP contribution in [0.3, 0.4) is 0 Å². The Bertz CT molecular complexity index is 376. The third-order valence-electron chi connectivity index (χ3n) is 3.32. The van der Waals surface area contributed by atoms with Crippen molar-refractivity contribution in [2.45, 2.75) is 59.1 Å². The normalized spacial score (nSPS) is 22.3. The fourth-order valence-electron chi connectivity index (χ4n) is 2.49. The Labute approximate surface area is 125 Å². The van der Waals surface area contributed by atoms with E-state index in [0.29, 0.717) is 6.54 Å². The van der Waals surface area contributed by atoms with Crippen LogP contribution in [0.4, 0.5) is 4.79 Å². The Kier molecular flexibility index (Phi) is 5.30. The van der Waals surface area contributed by atoms with Crippen LogP contribution >= 0.6 is 11.6 Å². The fraction of sp³-hybridized carbons (Fsp3) is 0.857. The first kappa shape index (κ1) is 17.1. The highest BCUT2D eigenvalue weighted by atomic mass is 35.5. The monoisotopic (exact) mass is 305 g/mol. The predicted molar refractivity (Wildman–Crippen MR) is 76.6 cm³/mol. The van der Waals surface area contributed by atoms with Crippen LogP contribution in [-0.2, 0) is 14.3 Å². The highest BCUT2D eigenvalue weighted by molar-refractivity contribution is 6.17. The summed E-state index contributed by atoms with van der Waals surface area (Å²) in [6.45, 7) is 9.78. The lowest BCUT2D eigenvalue weighted by Crippen LogP contribution is -2.57. The van der Waals surface area contributed by atoms with Gasteiger partial charge in [0, 0.05) is 6.54 Å². The van der Waals surface area contributed by atoms with Crippen LogP contribution in [0.15, 0.2) is 0 Å². The van der Waals surface area contributed by atoms with Crippen LogP contribution in [0.1, 0.15) is 47.5 Å². The molecule has 0 bridgehead atoms. The van der Waals surface area contributed by atoms with Gasteiger partial charge in [0.15, 0.2) is 6.07 Å². The number of carbonyl (C=O) groups is 2. The smallest absolute Gasteiger partial charge is 0.411 e. The molecule has 0 aromatic rings. The predicted octanol–water partition coefficient (Wildman–Crippen LogP) is 3.15. The Morgan fingerprint density at radius 2 is 1.95 bits per heavy atom. The quantitative estimate of drug-likeness (QED) is 0.581. The van der Waals surface area contributed by atoms with Gasteiger partial charge in [-0.25, -0.2) is 9.59 Å². The van der Waals surface area contributed by atoms with Crippen LogP contribution in [0.5, 0.6) is 0 Å². The summed E-state index contributed by atoms with van der Waals surface area (Å²) in [6, 6.07) is -0.877. The number of carbonyl (C=O) groups excluding carboxylic acids is 2. The fourth-order valence-corrected chi connectivity index (χ4v) is 2.60. The number of rotatable bonds is 2. The van der Waals surface area contributed by atoms with E-state index in [1.807, 2.05) is 13.8 Å². The summed E-state index contributed by atoms with van der Waals surface area (Å²) in [5.41, 5.74) is -0.960. The van der Waals surface area contributed by atoms with Crippen molar-refractivity contribution < 1.29 is 19.1 Å². The molecule has 1 rings (SSSR count). The van der Waals surface area contributed by atoms with Crippen molar-refractivity contribution in [3.05, 3.63) is 0 Å². The topological polar surface area (TPSA) is 55.8 Å². The number of ether oxygens (including phenoxy) is 2. The molecule has 1 atom stereocenters. The summed E-state index contributed by atoms with van der Waals surface area (Å²) < 4.78 is 10.3. The molecule has 1 saturated heterocycles. The number of hydrogen-bond acceptors (Lipinski definition) is 4. The van der Waals surface area contributed by atoms with Gasteiger partial charge in [-0.05, 0) is 39.0 Å². The van der Waals surface area contributed by atoms with Crippen LogP contribution < -0.4 is 0 Å². The van der Waals surface area contributed by atoms with E-state index < -0.39 is 23.7 Å². The molecule has 6 heteroatoms. The van der Waals surface area contributed by atoms with Crippen LogP contribution in [0.25, 0.3) is 0 Å². The summed E-state index contributed by atoms with van der Waals surface area (Å²) in [5.74, 6) is -0.476. The number of hydrogen-bond donors (Lipinski definition) is 0. The maximum Gasteiger partial charge on any atom is 0.411 e. The number of halogens is 1. The summed E-state index contributed by atoms with van der Waals surface area (Å²) in [4.78, 5) is 25.9. The van der Waals surface area contributed by atoms with Crippen molar-refractivity contribution in [2.24, 2.45) is 5.41 Å². The zero-order chi connectivity index (χ0) is 15.6. The molecule has 0 aromatic carbocycles. The number of piperidine rings is 1. The van der Waals surface area contributed by atoms with Crippen LogP contribution in [0, 0.1) is 5.41 Å².